The van der Waals surface area contributed by atoms with Crippen LogP contribution in [0, 0.1) is 11.6 Å². The molecule has 1 aliphatic rings. The van der Waals surface area contributed by atoms with Gasteiger partial charge in [-0.1, -0.05) is 0 Å². The third-order valence-electron chi connectivity index (χ3n) is 6.26. The lowest BCUT2D eigenvalue weighted by atomic mass is 10.1. The lowest BCUT2D eigenvalue weighted by Gasteiger charge is -2.22. The predicted molar refractivity (Wildman–Crippen MR) is 144 cm³/mol. The standard InChI is InChI=1S/C29H20F2N4O6/c1-38-23-14-21-24(26-25(23)39-11-12-40-26)28(33-15-32-21)41-22-9-6-17(13-20(22)31)34-27(36)19-3-2-10-35(29(19)37)18-7-4-16(30)5-8-18/h2-10,13-15H,11-12H2,1H3,(H,34,36). The van der Waals surface area contributed by atoms with Gasteiger partial charge in [0, 0.05) is 29.7 Å². The molecule has 0 bridgehead atoms. The molecule has 206 valence electrons. The molecule has 0 atom stereocenters. The second kappa shape index (κ2) is 10.6. The zero-order valence-corrected chi connectivity index (χ0v) is 21.4. The topological polar surface area (TPSA) is 114 Å². The zero-order valence-electron chi connectivity index (χ0n) is 21.4. The van der Waals surface area contributed by atoms with E-state index < -0.39 is 23.1 Å². The fraction of sp³-hybridized carbons (Fsp3) is 0.103. The van der Waals surface area contributed by atoms with Crippen LogP contribution in [0.1, 0.15) is 10.4 Å². The van der Waals surface area contributed by atoms with Crippen molar-refractivity contribution in [2.24, 2.45) is 0 Å². The number of hydrogen-bond acceptors (Lipinski definition) is 8. The summed E-state index contributed by atoms with van der Waals surface area (Å²) in [7, 11) is 1.49. The van der Waals surface area contributed by atoms with Crippen LogP contribution in [-0.4, -0.2) is 40.8 Å². The third-order valence-corrected chi connectivity index (χ3v) is 6.26. The van der Waals surface area contributed by atoms with Crippen LogP contribution in [0.2, 0.25) is 0 Å². The summed E-state index contributed by atoms with van der Waals surface area (Å²) in [6.07, 6.45) is 2.72. The molecule has 3 aromatic carbocycles. The quantitative estimate of drug-likeness (QED) is 0.314. The maximum absolute atomic E-state index is 15.2. The highest BCUT2D eigenvalue weighted by atomic mass is 19.1. The number of halogens is 2. The Morgan fingerprint density at radius 1 is 0.976 bits per heavy atom. The predicted octanol–water partition coefficient (Wildman–Crippen LogP) is 4.88. The highest BCUT2D eigenvalue weighted by Gasteiger charge is 2.25. The molecule has 0 fully saturated rings. The molecule has 1 aliphatic heterocycles. The second-order valence-corrected chi connectivity index (χ2v) is 8.78. The lowest BCUT2D eigenvalue weighted by Crippen LogP contribution is -2.27. The number of aromatic nitrogens is 3. The van der Waals surface area contributed by atoms with Crippen LogP contribution in [0.5, 0.6) is 28.9 Å². The molecule has 41 heavy (non-hydrogen) atoms. The number of nitrogens with one attached hydrogen (secondary N) is 1. The molecular formula is C29H20F2N4O6. The molecule has 12 heteroatoms. The number of amides is 1. The lowest BCUT2D eigenvalue weighted by molar-refractivity contribution is 0.102. The van der Waals surface area contributed by atoms with Crippen molar-refractivity contribution in [3.63, 3.8) is 0 Å². The van der Waals surface area contributed by atoms with Crippen molar-refractivity contribution in [2.75, 3.05) is 25.6 Å². The van der Waals surface area contributed by atoms with Crippen LogP contribution in [0.3, 0.4) is 0 Å². The van der Waals surface area contributed by atoms with Crippen molar-refractivity contribution < 1.29 is 32.5 Å². The summed E-state index contributed by atoms with van der Waals surface area (Å²) in [4.78, 5) is 34.2. The van der Waals surface area contributed by atoms with Gasteiger partial charge in [0.15, 0.2) is 23.1 Å². The maximum Gasteiger partial charge on any atom is 0.267 e. The minimum absolute atomic E-state index is 0.0284. The number of ether oxygens (including phenoxy) is 4. The SMILES string of the molecule is COc1cc2ncnc(Oc3ccc(NC(=O)c4cccn(-c5ccc(F)cc5)c4=O)cc3F)c2c2c1OCCO2. The first kappa shape index (κ1) is 25.7. The number of benzene rings is 3. The van der Waals surface area contributed by atoms with E-state index in [2.05, 4.69) is 15.3 Å². The summed E-state index contributed by atoms with van der Waals surface area (Å²) in [5.41, 5.74) is 0.0937. The first-order valence-corrected chi connectivity index (χ1v) is 12.3. The van der Waals surface area contributed by atoms with Crippen molar-refractivity contribution in [1.82, 2.24) is 14.5 Å². The molecule has 0 unspecified atom stereocenters. The molecule has 0 saturated heterocycles. The van der Waals surface area contributed by atoms with Crippen molar-refractivity contribution in [3.05, 3.63) is 101 Å². The molecular weight excluding hydrogens is 538 g/mol. The van der Waals surface area contributed by atoms with Gasteiger partial charge in [-0.15, -0.1) is 0 Å². The third kappa shape index (κ3) is 4.86. The summed E-state index contributed by atoms with van der Waals surface area (Å²) >= 11 is 0. The number of carbonyl (C=O) groups excluding carboxylic acids is 1. The Morgan fingerprint density at radius 3 is 2.51 bits per heavy atom. The van der Waals surface area contributed by atoms with E-state index in [9.17, 15) is 14.0 Å². The Kier molecular flexibility index (Phi) is 6.63. The molecule has 10 nitrogen and oxygen atoms in total. The van der Waals surface area contributed by atoms with Gasteiger partial charge in [0.25, 0.3) is 11.5 Å². The van der Waals surface area contributed by atoms with E-state index in [0.717, 1.165) is 6.07 Å². The van der Waals surface area contributed by atoms with Crippen LogP contribution in [0.4, 0.5) is 14.5 Å². The monoisotopic (exact) mass is 558 g/mol. The minimum Gasteiger partial charge on any atom is -0.493 e. The zero-order chi connectivity index (χ0) is 28.5. The average molecular weight is 558 g/mol. The second-order valence-electron chi connectivity index (χ2n) is 8.78. The summed E-state index contributed by atoms with van der Waals surface area (Å²) in [6, 6.07) is 13.5. The van der Waals surface area contributed by atoms with Crippen LogP contribution < -0.4 is 29.8 Å². The molecule has 0 aliphatic carbocycles. The molecule has 1 amide bonds. The number of hydrogen-bond donors (Lipinski definition) is 1. The van der Waals surface area contributed by atoms with E-state index in [4.69, 9.17) is 18.9 Å². The smallest absolute Gasteiger partial charge is 0.267 e. The molecule has 1 N–H and O–H groups in total. The largest absolute Gasteiger partial charge is 0.493 e. The Morgan fingerprint density at radius 2 is 1.76 bits per heavy atom. The van der Waals surface area contributed by atoms with Crippen molar-refractivity contribution >= 4 is 22.5 Å². The van der Waals surface area contributed by atoms with E-state index in [0.29, 0.717) is 40.4 Å². The molecule has 3 heterocycles. The Hall–Kier alpha value is -5.52. The molecule has 6 rings (SSSR count). The van der Waals surface area contributed by atoms with Gasteiger partial charge < -0.3 is 24.3 Å². The van der Waals surface area contributed by atoms with Gasteiger partial charge in [0.05, 0.1) is 12.6 Å². The van der Waals surface area contributed by atoms with Gasteiger partial charge in [-0.05, 0) is 48.5 Å². The number of rotatable bonds is 6. The highest BCUT2D eigenvalue weighted by Crippen LogP contribution is 2.47. The van der Waals surface area contributed by atoms with Crippen LogP contribution in [0.25, 0.3) is 16.6 Å². The van der Waals surface area contributed by atoms with Gasteiger partial charge >= 0.3 is 0 Å². The number of carbonyl (C=O) groups is 1. The normalized spacial score (nSPS) is 12.2. The van der Waals surface area contributed by atoms with E-state index in [1.807, 2.05) is 0 Å². The van der Waals surface area contributed by atoms with Gasteiger partial charge in [-0.3, -0.25) is 14.2 Å². The number of pyridine rings is 1. The molecule has 5 aromatic rings. The van der Waals surface area contributed by atoms with Crippen LogP contribution in [0.15, 0.2) is 78.0 Å². The fourth-order valence-electron chi connectivity index (χ4n) is 4.35. The van der Waals surface area contributed by atoms with Crippen LogP contribution in [-0.2, 0) is 0 Å². The molecule has 0 saturated carbocycles. The molecule has 0 radical (unpaired) electrons. The fourth-order valence-corrected chi connectivity index (χ4v) is 4.35. The Balaban J connectivity index is 1.26. The van der Waals surface area contributed by atoms with Crippen molar-refractivity contribution in [2.45, 2.75) is 0 Å². The van der Waals surface area contributed by atoms with E-state index in [1.165, 1.54) is 72.7 Å². The Labute approximate surface area is 230 Å². The number of anilines is 1. The Bertz CT molecular complexity index is 1860. The van der Waals surface area contributed by atoms with Crippen molar-refractivity contribution in [3.8, 4) is 34.6 Å². The van der Waals surface area contributed by atoms with Crippen molar-refractivity contribution in [1.29, 1.82) is 0 Å². The van der Waals surface area contributed by atoms with E-state index in [-0.39, 0.29) is 29.5 Å². The molecule has 2 aromatic heterocycles. The van der Waals surface area contributed by atoms with Gasteiger partial charge in [-0.2, -0.15) is 0 Å². The summed E-state index contributed by atoms with van der Waals surface area (Å²) in [5, 5.41) is 2.89. The summed E-state index contributed by atoms with van der Waals surface area (Å²) in [5.74, 6) is -1.05. The number of nitrogens with zero attached hydrogens (tertiary/aromatic N) is 3. The minimum atomic E-state index is -0.800. The summed E-state index contributed by atoms with van der Waals surface area (Å²) < 4.78 is 52.3. The average Bonchev–Trinajstić information content (AvgIpc) is 2.98. The number of methoxy groups -OCH3 is 1. The first-order chi connectivity index (χ1) is 19.9. The van der Waals surface area contributed by atoms with E-state index >= 15 is 4.39 Å². The van der Waals surface area contributed by atoms with E-state index in [1.54, 1.807) is 6.07 Å². The van der Waals surface area contributed by atoms with Gasteiger partial charge in [0.2, 0.25) is 11.6 Å². The highest BCUT2D eigenvalue weighted by molar-refractivity contribution is 6.04. The summed E-state index contributed by atoms with van der Waals surface area (Å²) in [6.45, 7) is 0.604. The van der Waals surface area contributed by atoms with Gasteiger partial charge in [-0.25, -0.2) is 18.7 Å². The first-order valence-electron chi connectivity index (χ1n) is 12.3. The van der Waals surface area contributed by atoms with Gasteiger partial charge in [0.1, 0.15) is 36.3 Å². The molecule has 0 spiro atoms. The maximum atomic E-state index is 15.2. The van der Waals surface area contributed by atoms with Crippen LogP contribution >= 0.6 is 0 Å². The number of fused-ring (bicyclic) bond motifs is 3.